The van der Waals surface area contributed by atoms with Gasteiger partial charge in [-0.15, -0.1) is 13.2 Å². The fraction of sp³-hybridized carbons (Fsp3) is 0.471. The topological polar surface area (TPSA) is 65.0 Å². The Labute approximate surface area is 143 Å². The minimum absolute atomic E-state index is 0.0325. The number of ether oxygens (including phenoxy) is 3. The van der Waals surface area contributed by atoms with Crippen molar-refractivity contribution in [1.29, 1.82) is 0 Å². The van der Waals surface area contributed by atoms with Crippen LogP contribution in [0.5, 0.6) is 11.5 Å². The van der Waals surface area contributed by atoms with Gasteiger partial charge in [0.15, 0.2) is 0 Å². The van der Waals surface area contributed by atoms with Gasteiger partial charge in [0.25, 0.3) is 0 Å². The molecular weight excluding hydrogens is 341 g/mol. The molecule has 0 aromatic heterocycles. The summed E-state index contributed by atoms with van der Waals surface area (Å²) in [6.45, 7) is 3.52. The van der Waals surface area contributed by atoms with Gasteiger partial charge in [-0.2, -0.15) is 0 Å². The number of carbonyl (C=O) groups is 1. The zero-order chi connectivity index (χ0) is 18.4. The monoisotopic (exact) mass is 360 g/mol. The lowest BCUT2D eigenvalue weighted by molar-refractivity contribution is -0.274. The van der Waals surface area contributed by atoms with E-state index in [4.69, 9.17) is 9.47 Å². The summed E-state index contributed by atoms with van der Waals surface area (Å²) in [5.41, 5.74) is 0. The molecule has 0 spiro atoms. The summed E-state index contributed by atoms with van der Waals surface area (Å²) in [6.07, 6.45) is -3.27. The van der Waals surface area contributed by atoms with Gasteiger partial charge in [0.2, 0.25) is 0 Å². The highest BCUT2D eigenvalue weighted by molar-refractivity contribution is 5.81. The van der Waals surface area contributed by atoms with Gasteiger partial charge in [-0.25, -0.2) is 4.79 Å². The van der Waals surface area contributed by atoms with E-state index in [1.54, 1.807) is 0 Å². The Hall–Kier alpha value is -2.22. The second-order valence-electron chi connectivity index (χ2n) is 5.76. The van der Waals surface area contributed by atoms with Crippen molar-refractivity contribution in [3.8, 4) is 11.5 Å². The minimum atomic E-state index is -4.75. The number of rotatable bonds is 6. The van der Waals surface area contributed by atoms with Crippen molar-refractivity contribution < 1.29 is 37.3 Å². The first-order chi connectivity index (χ1) is 11.8. The summed E-state index contributed by atoms with van der Waals surface area (Å²) in [5, 5.41) is 10.1. The van der Waals surface area contributed by atoms with Gasteiger partial charge >= 0.3 is 12.3 Å². The van der Waals surface area contributed by atoms with Crippen molar-refractivity contribution in [2.75, 3.05) is 6.61 Å². The van der Waals surface area contributed by atoms with E-state index >= 15 is 0 Å². The van der Waals surface area contributed by atoms with Crippen LogP contribution in [-0.4, -0.2) is 36.3 Å². The Morgan fingerprint density at radius 3 is 2.48 bits per heavy atom. The Kier molecular flexibility index (Phi) is 6.30. The standard InChI is InChI=1S/C17H19F3O5/c1-2-16(22)23-10-11-3-8-14(21)15(9-11)24-12-4-6-13(7-5-12)25-17(18,19)20/h2,4-7,11,14-15,21H,1,3,8-10H2. The fourth-order valence-electron chi connectivity index (χ4n) is 2.63. The van der Waals surface area contributed by atoms with Crippen molar-refractivity contribution >= 4 is 5.97 Å². The van der Waals surface area contributed by atoms with Crippen LogP contribution < -0.4 is 9.47 Å². The summed E-state index contributed by atoms with van der Waals surface area (Å²) >= 11 is 0. The van der Waals surface area contributed by atoms with Crippen molar-refractivity contribution in [3.05, 3.63) is 36.9 Å². The number of esters is 1. The number of hydrogen-bond donors (Lipinski definition) is 1. The molecule has 0 bridgehead atoms. The van der Waals surface area contributed by atoms with Gasteiger partial charge in [-0.1, -0.05) is 6.58 Å². The molecule has 1 aliphatic carbocycles. The number of aliphatic hydroxyl groups excluding tert-OH is 1. The molecule has 3 atom stereocenters. The first-order valence-corrected chi connectivity index (χ1v) is 7.76. The second-order valence-corrected chi connectivity index (χ2v) is 5.76. The van der Waals surface area contributed by atoms with Crippen molar-refractivity contribution in [1.82, 2.24) is 0 Å². The molecule has 138 valence electrons. The quantitative estimate of drug-likeness (QED) is 0.623. The van der Waals surface area contributed by atoms with E-state index in [0.29, 0.717) is 25.0 Å². The third kappa shape index (κ3) is 6.30. The third-order valence-corrected chi connectivity index (χ3v) is 3.84. The maximum Gasteiger partial charge on any atom is 0.573 e. The van der Waals surface area contributed by atoms with Gasteiger partial charge < -0.3 is 19.3 Å². The first kappa shape index (κ1) is 19.1. The van der Waals surface area contributed by atoms with E-state index in [1.165, 1.54) is 12.1 Å². The second kappa shape index (κ2) is 8.24. The highest BCUT2D eigenvalue weighted by Crippen LogP contribution is 2.30. The van der Waals surface area contributed by atoms with Gasteiger partial charge in [0.05, 0.1) is 12.7 Å². The van der Waals surface area contributed by atoms with Crippen molar-refractivity contribution in [2.24, 2.45) is 5.92 Å². The van der Waals surface area contributed by atoms with E-state index in [0.717, 1.165) is 18.2 Å². The minimum Gasteiger partial charge on any atom is -0.488 e. The number of alkyl halides is 3. The van der Waals surface area contributed by atoms with Gasteiger partial charge in [0.1, 0.15) is 17.6 Å². The summed E-state index contributed by atoms with van der Waals surface area (Å²) in [6, 6.07) is 4.97. The molecule has 0 saturated heterocycles. The normalized spacial score (nSPS) is 23.6. The molecule has 1 fully saturated rings. The lowest BCUT2D eigenvalue weighted by Gasteiger charge is -2.33. The molecule has 3 unspecified atom stereocenters. The molecule has 0 amide bonds. The maximum atomic E-state index is 12.1. The highest BCUT2D eigenvalue weighted by Gasteiger charge is 2.32. The zero-order valence-electron chi connectivity index (χ0n) is 13.4. The van der Waals surface area contributed by atoms with E-state index in [1.807, 2.05) is 0 Å². The lowest BCUT2D eigenvalue weighted by atomic mass is 9.85. The van der Waals surface area contributed by atoms with Crippen LogP contribution in [0.15, 0.2) is 36.9 Å². The van der Waals surface area contributed by atoms with Crippen LogP contribution >= 0.6 is 0 Å². The van der Waals surface area contributed by atoms with Crippen molar-refractivity contribution in [3.63, 3.8) is 0 Å². The zero-order valence-corrected chi connectivity index (χ0v) is 13.4. The van der Waals surface area contributed by atoms with Crippen LogP contribution in [0.25, 0.3) is 0 Å². The molecule has 1 N–H and O–H groups in total. The number of aliphatic hydroxyl groups is 1. The molecule has 0 aliphatic heterocycles. The van der Waals surface area contributed by atoms with Gasteiger partial charge in [0, 0.05) is 6.08 Å². The summed E-state index contributed by atoms with van der Waals surface area (Å²) in [5.74, 6) is -0.505. The fourth-order valence-corrected chi connectivity index (χ4v) is 2.63. The van der Waals surface area contributed by atoms with Crippen LogP contribution in [0.4, 0.5) is 13.2 Å². The average Bonchev–Trinajstić information content (AvgIpc) is 2.55. The van der Waals surface area contributed by atoms with E-state index in [-0.39, 0.29) is 18.3 Å². The van der Waals surface area contributed by atoms with Gasteiger partial charge in [-0.05, 0) is 49.4 Å². The predicted molar refractivity (Wildman–Crippen MR) is 82.0 cm³/mol. The molecule has 25 heavy (non-hydrogen) atoms. The molecule has 1 aliphatic rings. The van der Waals surface area contributed by atoms with Crippen LogP contribution in [0.2, 0.25) is 0 Å². The van der Waals surface area contributed by atoms with Crippen LogP contribution in [0.1, 0.15) is 19.3 Å². The Morgan fingerprint density at radius 2 is 1.88 bits per heavy atom. The van der Waals surface area contributed by atoms with E-state index in [2.05, 4.69) is 11.3 Å². The molecular formula is C17H19F3O5. The van der Waals surface area contributed by atoms with Gasteiger partial charge in [-0.3, -0.25) is 0 Å². The van der Waals surface area contributed by atoms with Crippen LogP contribution in [0.3, 0.4) is 0 Å². The van der Waals surface area contributed by atoms with Crippen LogP contribution in [0, 0.1) is 5.92 Å². The number of hydrogen-bond acceptors (Lipinski definition) is 5. The number of benzene rings is 1. The van der Waals surface area contributed by atoms with Crippen LogP contribution in [-0.2, 0) is 9.53 Å². The largest absolute Gasteiger partial charge is 0.573 e. The predicted octanol–water partition coefficient (Wildman–Crippen LogP) is 3.22. The SMILES string of the molecule is C=CC(=O)OCC1CCC(O)C(Oc2ccc(OC(F)(F)F)cc2)C1. The Bertz CT molecular complexity index is 585. The smallest absolute Gasteiger partial charge is 0.488 e. The lowest BCUT2D eigenvalue weighted by Crippen LogP contribution is -2.39. The average molecular weight is 360 g/mol. The molecule has 5 nitrogen and oxygen atoms in total. The number of halogens is 3. The number of carbonyl (C=O) groups excluding carboxylic acids is 1. The van der Waals surface area contributed by atoms with E-state index in [9.17, 15) is 23.1 Å². The molecule has 0 radical (unpaired) electrons. The molecule has 0 heterocycles. The maximum absolute atomic E-state index is 12.1. The Morgan fingerprint density at radius 1 is 1.24 bits per heavy atom. The third-order valence-electron chi connectivity index (χ3n) is 3.84. The molecule has 8 heteroatoms. The highest BCUT2D eigenvalue weighted by atomic mass is 19.4. The molecule has 2 rings (SSSR count). The Balaban J connectivity index is 1.91. The molecule has 1 saturated carbocycles. The van der Waals surface area contributed by atoms with E-state index < -0.39 is 24.5 Å². The summed E-state index contributed by atoms with van der Waals surface area (Å²) in [4.78, 5) is 11.1. The first-order valence-electron chi connectivity index (χ1n) is 7.76. The summed E-state index contributed by atoms with van der Waals surface area (Å²) < 4.78 is 50.9. The summed E-state index contributed by atoms with van der Waals surface area (Å²) in [7, 11) is 0. The van der Waals surface area contributed by atoms with Crippen molar-refractivity contribution in [2.45, 2.75) is 37.8 Å². The molecule has 1 aromatic rings. The molecule has 1 aromatic carbocycles.